The average Bonchev–Trinajstić information content (AvgIpc) is 3.13. The summed E-state index contributed by atoms with van der Waals surface area (Å²) in [5.74, 6) is 0.791. The first-order chi connectivity index (χ1) is 16.5. The summed E-state index contributed by atoms with van der Waals surface area (Å²) < 4.78 is 10.3. The number of hydrogen-bond acceptors (Lipinski definition) is 3. The number of halogens is 2. The van der Waals surface area contributed by atoms with Crippen molar-refractivity contribution in [3.8, 4) is 5.75 Å². The van der Waals surface area contributed by atoms with Crippen LogP contribution in [0.1, 0.15) is 31.7 Å². The molecule has 0 atom stereocenters. The Morgan fingerprint density at radius 2 is 1.65 bits per heavy atom. The Kier molecular flexibility index (Phi) is 8.82. The molecule has 1 aromatic heterocycles. The van der Waals surface area contributed by atoms with Crippen molar-refractivity contribution in [2.45, 2.75) is 39.2 Å². The van der Waals surface area contributed by atoms with Crippen LogP contribution in [0, 0.1) is 7.14 Å². The summed E-state index contributed by atoms with van der Waals surface area (Å²) in [5.41, 5.74) is 6.08. The van der Waals surface area contributed by atoms with Crippen molar-refractivity contribution < 1.29 is 9.53 Å². The molecule has 7 heteroatoms. The molecule has 0 radical (unpaired) electrons. The molecule has 3 aromatic carbocycles. The normalized spacial score (nSPS) is 11.5. The van der Waals surface area contributed by atoms with Crippen LogP contribution in [0.2, 0.25) is 0 Å². The van der Waals surface area contributed by atoms with Crippen LogP contribution in [-0.4, -0.2) is 23.3 Å². The minimum Gasteiger partial charge on any atom is -0.494 e. The van der Waals surface area contributed by atoms with Crippen molar-refractivity contribution in [2.24, 2.45) is 5.10 Å². The second-order valence-corrected chi connectivity index (χ2v) is 10.6. The van der Waals surface area contributed by atoms with Crippen LogP contribution in [0.25, 0.3) is 21.8 Å². The molecule has 0 bridgehead atoms. The summed E-state index contributed by atoms with van der Waals surface area (Å²) in [6.45, 7) is 3.49. The highest BCUT2D eigenvalue weighted by atomic mass is 127. The summed E-state index contributed by atoms with van der Waals surface area (Å²) in [7, 11) is 0. The number of carbonyl (C=O) groups is 1. The first-order valence-electron chi connectivity index (χ1n) is 11.4. The molecule has 0 saturated heterocycles. The number of rotatable bonds is 10. The lowest BCUT2D eigenvalue weighted by Gasteiger charge is -2.07. The molecule has 5 nitrogen and oxygen atoms in total. The highest BCUT2D eigenvalue weighted by Crippen LogP contribution is 2.31. The van der Waals surface area contributed by atoms with E-state index < -0.39 is 0 Å². The van der Waals surface area contributed by atoms with E-state index in [1.807, 2.05) is 24.3 Å². The molecule has 0 aliphatic heterocycles. The van der Waals surface area contributed by atoms with Crippen molar-refractivity contribution in [1.29, 1.82) is 0 Å². The summed E-state index contributed by atoms with van der Waals surface area (Å²) in [4.78, 5) is 12.4. The Bertz CT molecular complexity index is 1250. The van der Waals surface area contributed by atoms with E-state index >= 15 is 0 Å². The first-order valence-corrected chi connectivity index (χ1v) is 13.6. The molecular formula is C27H27I2N3O2. The molecule has 0 aliphatic carbocycles. The highest BCUT2D eigenvalue weighted by molar-refractivity contribution is 14.1. The van der Waals surface area contributed by atoms with Gasteiger partial charge in [0.2, 0.25) is 5.91 Å². The van der Waals surface area contributed by atoms with Crippen LogP contribution in [0.5, 0.6) is 5.75 Å². The van der Waals surface area contributed by atoms with Crippen molar-refractivity contribution >= 4 is 79.1 Å². The molecular weight excluding hydrogens is 652 g/mol. The summed E-state index contributed by atoms with van der Waals surface area (Å²) >= 11 is 4.69. The third-order valence-electron chi connectivity index (χ3n) is 5.65. The minimum absolute atomic E-state index is 0.0954. The van der Waals surface area contributed by atoms with E-state index in [0.717, 1.165) is 41.8 Å². The number of hydrazone groups is 1. The van der Waals surface area contributed by atoms with Gasteiger partial charge in [0.05, 0.1) is 6.61 Å². The van der Waals surface area contributed by atoms with E-state index in [0.29, 0.717) is 19.4 Å². The average molecular weight is 679 g/mol. The van der Waals surface area contributed by atoms with E-state index in [-0.39, 0.29) is 5.91 Å². The van der Waals surface area contributed by atoms with Crippen LogP contribution < -0.4 is 10.2 Å². The standard InChI is InChI=1S/C27H27I2N3O2/c1-2-3-16-34-22-8-4-19(5-9-22)12-14-30-31-27(33)13-15-32-25-10-6-20(28)17-23(25)24-18-21(29)7-11-26(24)32/h4-11,14,17-18H,2-3,12-13,15-16H2,1H3,(H,31,33)/b30-14-. The summed E-state index contributed by atoms with van der Waals surface area (Å²) in [5, 5.41) is 6.58. The van der Waals surface area contributed by atoms with Crippen LogP contribution >= 0.6 is 45.2 Å². The zero-order valence-corrected chi connectivity index (χ0v) is 23.4. The lowest BCUT2D eigenvalue weighted by Crippen LogP contribution is -2.19. The monoisotopic (exact) mass is 679 g/mol. The van der Waals surface area contributed by atoms with Gasteiger partial charge >= 0.3 is 0 Å². The van der Waals surface area contributed by atoms with Gasteiger partial charge in [0.1, 0.15) is 5.75 Å². The van der Waals surface area contributed by atoms with Gasteiger partial charge in [0, 0.05) is 54.5 Å². The van der Waals surface area contributed by atoms with Crippen LogP contribution in [-0.2, 0) is 17.8 Å². The molecule has 1 heterocycles. The van der Waals surface area contributed by atoms with E-state index in [1.54, 1.807) is 6.21 Å². The molecule has 1 amide bonds. The van der Waals surface area contributed by atoms with Gasteiger partial charge in [-0.3, -0.25) is 4.79 Å². The van der Waals surface area contributed by atoms with Crippen molar-refractivity contribution in [3.05, 3.63) is 73.4 Å². The number of fused-ring (bicyclic) bond motifs is 3. The highest BCUT2D eigenvalue weighted by Gasteiger charge is 2.12. The third-order valence-corrected chi connectivity index (χ3v) is 6.99. The Labute approximate surface area is 227 Å². The fourth-order valence-electron chi connectivity index (χ4n) is 3.88. The van der Waals surface area contributed by atoms with Gasteiger partial charge < -0.3 is 9.30 Å². The molecule has 0 saturated carbocycles. The van der Waals surface area contributed by atoms with Crippen molar-refractivity contribution in [1.82, 2.24) is 9.99 Å². The minimum atomic E-state index is -0.0954. The molecule has 176 valence electrons. The molecule has 1 N–H and O–H groups in total. The second kappa shape index (κ2) is 12.0. The van der Waals surface area contributed by atoms with E-state index in [4.69, 9.17) is 4.74 Å². The number of ether oxygens (including phenoxy) is 1. The van der Waals surface area contributed by atoms with E-state index in [2.05, 4.69) is 104 Å². The van der Waals surface area contributed by atoms with Crippen LogP contribution in [0.3, 0.4) is 0 Å². The number of unbranched alkanes of at least 4 members (excludes halogenated alkanes) is 1. The molecule has 0 spiro atoms. The van der Waals surface area contributed by atoms with Crippen molar-refractivity contribution in [2.75, 3.05) is 6.61 Å². The maximum absolute atomic E-state index is 12.4. The number of carbonyl (C=O) groups excluding carboxylic acids is 1. The van der Waals surface area contributed by atoms with Gasteiger partial charge in [-0.15, -0.1) is 0 Å². The third kappa shape index (κ3) is 6.29. The van der Waals surface area contributed by atoms with Crippen molar-refractivity contribution in [3.63, 3.8) is 0 Å². The Balaban J connectivity index is 1.33. The summed E-state index contributed by atoms with van der Waals surface area (Å²) in [6.07, 6.45) is 4.92. The first kappa shape index (κ1) is 25.0. The molecule has 0 fully saturated rings. The number of nitrogens with one attached hydrogen (secondary N) is 1. The molecule has 0 aliphatic rings. The number of hydrogen-bond donors (Lipinski definition) is 1. The summed E-state index contributed by atoms with van der Waals surface area (Å²) in [6, 6.07) is 20.9. The van der Waals surface area contributed by atoms with E-state index in [9.17, 15) is 4.79 Å². The number of benzene rings is 3. The second-order valence-electron chi connectivity index (χ2n) is 8.12. The predicted molar refractivity (Wildman–Crippen MR) is 157 cm³/mol. The maximum atomic E-state index is 12.4. The molecule has 4 rings (SSSR count). The van der Waals surface area contributed by atoms with Gasteiger partial charge in [-0.05, 0) is 106 Å². The van der Waals surface area contributed by atoms with E-state index in [1.165, 1.54) is 17.9 Å². The fraction of sp³-hybridized carbons (Fsp3) is 0.259. The number of nitrogens with zero attached hydrogens (tertiary/aromatic N) is 2. The zero-order valence-electron chi connectivity index (χ0n) is 19.1. The zero-order chi connectivity index (χ0) is 23.9. The number of aryl methyl sites for hydroxylation is 1. The Hall–Kier alpha value is -2.14. The molecule has 4 aromatic rings. The molecule has 0 unspecified atom stereocenters. The van der Waals surface area contributed by atoms with Gasteiger partial charge in [0.15, 0.2) is 0 Å². The van der Waals surface area contributed by atoms with Gasteiger partial charge in [-0.2, -0.15) is 5.10 Å². The van der Waals surface area contributed by atoms with Gasteiger partial charge in [-0.1, -0.05) is 25.5 Å². The lowest BCUT2D eigenvalue weighted by atomic mass is 10.1. The smallest absolute Gasteiger partial charge is 0.241 e. The number of aromatic nitrogens is 1. The lowest BCUT2D eigenvalue weighted by molar-refractivity contribution is -0.121. The quantitative estimate of drug-likeness (QED) is 0.0858. The SMILES string of the molecule is CCCCOc1ccc(C/C=N\NC(=O)CCn2c3ccc(I)cc3c3cc(I)ccc32)cc1. The van der Waals surface area contributed by atoms with Crippen LogP contribution in [0.4, 0.5) is 0 Å². The maximum Gasteiger partial charge on any atom is 0.241 e. The molecule has 34 heavy (non-hydrogen) atoms. The Morgan fingerprint density at radius 3 is 2.26 bits per heavy atom. The predicted octanol–water partition coefficient (Wildman–Crippen LogP) is 6.92. The van der Waals surface area contributed by atoms with Crippen LogP contribution in [0.15, 0.2) is 65.8 Å². The van der Waals surface area contributed by atoms with Gasteiger partial charge in [-0.25, -0.2) is 5.43 Å². The topological polar surface area (TPSA) is 55.6 Å². The fourth-order valence-corrected chi connectivity index (χ4v) is 4.87. The largest absolute Gasteiger partial charge is 0.494 e. The number of amides is 1. The van der Waals surface area contributed by atoms with Gasteiger partial charge in [0.25, 0.3) is 0 Å². The Morgan fingerprint density at radius 1 is 1.00 bits per heavy atom.